The van der Waals surface area contributed by atoms with E-state index in [-0.39, 0.29) is 6.54 Å². The van der Waals surface area contributed by atoms with Crippen LogP contribution in [0, 0.1) is 0 Å². The van der Waals surface area contributed by atoms with Gasteiger partial charge in [-0.15, -0.1) is 0 Å². The van der Waals surface area contributed by atoms with Crippen molar-refractivity contribution in [3.05, 3.63) is 12.2 Å². The number of hydrogen-bond donors (Lipinski definition) is 4. The molecular formula is C20H43N2O5S+. The number of aliphatic hydroxyl groups excluding tert-OH is 2. The Bertz CT molecular complexity index is 509. The Labute approximate surface area is 172 Å². The fourth-order valence-corrected chi connectivity index (χ4v) is 3.84. The molecular weight excluding hydrogens is 380 g/mol. The first-order valence-corrected chi connectivity index (χ1v) is 12.2. The fraction of sp³-hybridized carbons (Fsp3) is 0.900. The average Bonchev–Trinajstić information content (AvgIpc) is 2.55. The van der Waals surface area contributed by atoms with Crippen molar-refractivity contribution in [2.45, 2.75) is 77.0 Å². The van der Waals surface area contributed by atoms with Gasteiger partial charge < -0.3 is 14.7 Å². The zero-order chi connectivity index (χ0) is 21.5. The van der Waals surface area contributed by atoms with Gasteiger partial charge in [-0.3, -0.25) is 9.87 Å². The van der Waals surface area contributed by atoms with E-state index in [1.165, 1.54) is 25.7 Å². The molecule has 0 aromatic rings. The van der Waals surface area contributed by atoms with Gasteiger partial charge in [0.05, 0.1) is 20.6 Å². The van der Waals surface area contributed by atoms with Crippen LogP contribution in [0.1, 0.15) is 64.7 Å². The lowest BCUT2D eigenvalue weighted by atomic mass is 10.1. The zero-order valence-corrected chi connectivity index (χ0v) is 18.8. The second kappa shape index (κ2) is 15.3. The van der Waals surface area contributed by atoms with Crippen LogP contribution in [-0.4, -0.2) is 79.5 Å². The van der Waals surface area contributed by atoms with E-state index in [1.807, 2.05) is 14.1 Å². The standard InChI is InChI=1S/C20H42N2O5S/c1-4-5-6-7-8-9-10-11-12-14-20(24)21-15-13-16-22(2,3)17-19(23)18-28(25,26)27/h5-6,19-21,23-24H,4,7-18H2,1-3H3/p+1/b6-5+. The third kappa shape index (κ3) is 18.8. The van der Waals surface area contributed by atoms with Gasteiger partial charge >= 0.3 is 0 Å². The Morgan fingerprint density at radius 2 is 1.64 bits per heavy atom. The molecule has 0 saturated heterocycles. The first kappa shape index (κ1) is 27.5. The first-order valence-electron chi connectivity index (χ1n) is 10.6. The van der Waals surface area contributed by atoms with Gasteiger partial charge in [0, 0.05) is 13.0 Å². The van der Waals surface area contributed by atoms with Crippen molar-refractivity contribution in [2.75, 3.05) is 39.5 Å². The van der Waals surface area contributed by atoms with Crippen molar-refractivity contribution >= 4 is 10.1 Å². The van der Waals surface area contributed by atoms with E-state index in [2.05, 4.69) is 24.4 Å². The van der Waals surface area contributed by atoms with Gasteiger partial charge in [-0.25, -0.2) is 0 Å². The summed E-state index contributed by atoms with van der Waals surface area (Å²) >= 11 is 0. The number of aliphatic hydroxyl groups is 2. The molecule has 0 heterocycles. The van der Waals surface area contributed by atoms with Crippen LogP contribution < -0.4 is 5.32 Å². The Balaban J connectivity index is 3.69. The normalized spacial score (nSPS) is 15.2. The maximum absolute atomic E-state index is 10.8. The minimum Gasteiger partial charge on any atom is -0.386 e. The first-order chi connectivity index (χ1) is 13.1. The maximum Gasteiger partial charge on any atom is 0.267 e. The van der Waals surface area contributed by atoms with E-state index < -0.39 is 28.2 Å². The van der Waals surface area contributed by atoms with Crippen molar-refractivity contribution in [3.8, 4) is 0 Å². The van der Waals surface area contributed by atoms with E-state index >= 15 is 0 Å². The SMILES string of the molecule is CC/C=C/CCCCCCCC(O)NCCC[N+](C)(C)CC(O)CS(=O)(=O)O. The summed E-state index contributed by atoms with van der Waals surface area (Å²) in [7, 11) is -0.352. The summed E-state index contributed by atoms with van der Waals surface area (Å²) in [6, 6.07) is 0. The zero-order valence-electron chi connectivity index (χ0n) is 18.0. The molecule has 0 aliphatic carbocycles. The van der Waals surface area contributed by atoms with Crippen LogP contribution in [0.5, 0.6) is 0 Å². The molecule has 2 atom stereocenters. The van der Waals surface area contributed by atoms with Crippen molar-refractivity contribution in [1.29, 1.82) is 0 Å². The van der Waals surface area contributed by atoms with Crippen molar-refractivity contribution in [2.24, 2.45) is 0 Å². The number of rotatable bonds is 18. The summed E-state index contributed by atoms with van der Waals surface area (Å²) in [6.45, 7) is 3.79. The van der Waals surface area contributed by atoms with Gasteiger partial charge in [-0.05, 0) is 32.1 Å². The quantitative estimate of drug-likeness (QED) is 0.0886. The lowest BCUT2D eigenvalue weighted by Crippen LogP contribution is -2.48. The summed E-state index contributed by atoms with van der Waals surface area (Å²) in [5.74, 6) is -0.638. The molecule has 0 radical (unpaired) electrons. The summed E-state index contributed by atoms with van der Waals surface area (Å²) < 4.78 is 30.9. The predicted octanol–water partition coefficient (Wildman–Crippen LogP) is 2.31. The number of unbranched alkanes of at least 4 members (excludes halogenated alkanes) is 5. The maximum atomic E-state index is 10.8. The second-order valence-electron chi connectivity index (χ2n) is 8.29. The number of hydrogen-bond acceptors (Lipinski definition) is 5. The largest absolute Gasteiger partial charge is 0.386 e. The molecule has 8 heteroatoms. The molecule has 0 rings (SSSR count). The molecule has 0 amide bonds. The highest BCUT2D eigenvalue weighted by Gasteiger charge is 2.24. The van der Waals surface area contributed by atoms with E-state index in [0.29, 0.717) is 11.0 Å². The number of allylic oxidation sites excluding steroid dienone is 2. The summed E-state index contributed by atoms with van der Waals surface area (Å²) in [5.41, 5.74) is 0. The van der Waals surface area contributed by atoms with Crippen LogP contribution in [0.2, 0.25) is 0 Å². The summed E-state index contributed by atoms with van der Waals surface area (Å²) in [4.78, 5) is 0. The molecule has 0 fully saturated rings. The highest BCUT2D eigenvalue weighted by Crippen LogP contribution is 2.09. The van der Waals surface area contributed by atoms with Gasteiger partial charge in [0.1, 0.15) is 24.6 Å². The highest BCUT2D eigenvalue weighted by atomic mass is 32.2. The predicted molar refractivity (Wildman–Crippen MR) is 115 cm³/mol. The van der Waals surface area contributed by atoms with E-state index in [4.69, 9.17) is 4.55 Å². The fourth-order valence-electron chi connectivity index (χ4n) is 3.25. The third-order valence-corrected chi connectivity index (χ3v) is 5.48. The minimum absolute atomic E-state index is 0.247. The van der Waals surface area contributed by atoms with Gasteiger partial charge in [0.2, 0.25) is 0 Å². The topological polar surface area (TPSA) is 107 Å². The number of quaternary nitrogens is 1. The molecule has 28 heavy (non-hydrogen) atoms. The van der Waals surface area contributed by atoms with Crippen LogP contribution in [0.15, 0.2) is 12.2 Å². The van der Waals surface area contributed by atoms with E-state index in [0.717, 1.165) is 38.6 Å². The van der Waals surface area contributed by atoms with Crippen LogP contribution in [0.3, 0.4) is 0 Å². The van der Waals surface area contributed by atoms with E-state index in [1.54, 1.807) is 0 Å². The number of likely N-dealkylation sites (N-methyl/N-ethyl adjacent to an activating group) is 1. The average molecular weight is 424 g/mol. The summed E-state index contributed by atoms with van der Waals surface area (Å²) in [5, 5.41) is 22.9. The second-order valence-corrected chi connectivity index (χ2v) is 9.79. The molecule has 7 nitrogen and oxygen atoms in total. The molecule has 0 bridgehead atoms. The molecule has 0 aromatic heterocycles. The molecule has 0 spiro atoms. The summed E-state index contributed by atoms with van der Waals surface area (Å²) in [6.07, 6.45) is 12.6. The lowest BCUT2D eigenvalue weighted by Gasteiger charge is -2.31. The van der Waals surface area contributed by atoms with Gasteiger partial charge in [0.15, 0.2) is 0 Å². The molecule has 0 aliphatic heterocycles. The number of nitrogens with zero attached hydrogens (tertiary/aromatic N) is 1. The Hall–Kier alpha value is -0.510. The van der Waals surface area contributed by atoms with Crippen LogP contribution in [-0.2, 0) is 10.1 Å². The van der Waals surface area contributed by atoms with Gasteiger partial charge in [0.25, 0.3) is 10.1 Å². The monoisotopic (exact) mass is 423 g/mol. The van der Waals surface area contributed by atoms with Gasteiger partial charge in [-0.1, -0.05) is 38.3 Å². The Morgan fingerprint density at radius 1 is 1.00 bits per heavy atom. The molecule has 0 aliphatic rings. The van der Waals surface area contributed by atoms with Crippen LogP contribution in [0.4, 0.5) is 0 Å². The van der Waals surface area contributed by atoms with Crippen molar-refractivity contribution in [3.63, 3.8) is 0 Å². The van der Waals surface area contributed by atoms with E-state index in [9.17, 15) is 18.6 Å². The van der Waals surface area contributed by atoms with Gasteiger partial charge in [-0.2, -0.15) is 8.42 Å². The molecule has 2 unspecified atom stereocenters. The Morgan fingerprint density at radius 3 is 2.29 bits per heavy atom. The third-order valence-electron chi connectivity index (χ3n) is 4.68. The number of nitrogens with one attached hydrogen (secondary N) is 1. The molecule has 4 N–H and O–H groups in total. The molecule has 0 aromatic carbocycles. The van der Waals surface area contributed by atoms with Crippen molar-refractivity contribution < 1.29 is 27.7 Å². The molecule has 168 valence electrons. The lowest BCUT2D eigenvalue weighted by molar-refractivity contribution is -0.893. The van der Waals surface area contributed by atoms with Crippen LogP contribution in [0.25, 0.3) is 0 Å². The molecule has 0 saturated carbocycles. The van der Waals surface area contributed by atoms with Crippen molar-refractivity contribution in [1.82, 2.24) is 5.32 Å². The smallest absolute Gasteiger partial charge is 0.267 e. The highest BCUT2D eigenvalue weighted by molar-refractivity contribution is 7.85. The van der Waals surface area contributed by atoms with Crippen LogP contribution >= 0.6 is 0 Å². The minimum atomic E-state index is -4.16. The Kier molecular flexibility index (Phi) is 15.1.